The SMILES string of the molecule is O=C(Nc1cccc2ccccc12)N[C@H](CO)C(=O)O. The molecule has 0 aliphatic heterocycles. The first-order chi connectivity index (χ1) is 9.61. The minimum atomic E-state index is -1.33. The first-order valence-corrected chi connectivity index (χ1v) is 6.01. The number of aliphatic hydroxyl groups is 1. The van der Waals surface area contributed by atoms with Gasteiger partial charge in [-0.25, -0.2) is 9.59 Å². The Hall–Kier alpha value is -2.60. The molecule has 104 valence electrons. The maximum absolute atomic E-state index is 11.7. The molecular weight excluding hydrogens is 260 g/mol. The quantitative estimate of drug-likeness (QED) is 0.677. The Labute approximate surface area is 115 Å². The van der Waals surface area contributed by atoms with Gasteiger partial charge in [0.15, 0.2) is 6.04 Å². The monoisotopic (exact) mass is 274 g/mol. The van der Waals surface area contributed by atoms with Gasteiger partial charge in [0.25, 0.3) is 0 Å². The van der Waals surface area contributed by atoms with Crippen LogP contribution < -0.4 is 10.6 Å². The normalized spacial score (nSPS) is 11.8. The lowest BCUT2D eigenvalue weighted by atomic mass is 10.1. The molecule has 4 N–H and O–H groups in total. The fraction of sp³-hybridized carbons (Fsp3) is 0.143. The van der Waals surface area contributed by atoms with E-state index in [1.165, 1.54) is 0 Å². The van der Waals surface area contributed by atoms with Crippen molar-refractivity contribution in [3.8, 4) is 0 Å². The van der Waals surface area contributed by atoms with E-state index in [9.17, 15) is 9.59 Å². The number of carbonyl (C=O) groups is 2. The van der Waals surface area contributed by atoms with Crippen molar-refractivity contribution in [3.63, 3.8) is 0 Å². The highest BCUT2D eigenvalue weighted by Crippen LogP contribution is 2.22. The number of anilines is 1. The number of urea groups is 1. The number of nitrogens with one attached hydrogen (secondary N) is 2. The molecule has 6 heteroatoms. The number of aliphatic carboxylic acids is 1. The third kappa shape index (κ3) is 3.04. The van der Waals surface area contributed by atoms with Crippen LogP contribution in [0.3, 0.4) is 0 Å². The average Bonchev–Trinajstić information content (AvgIpc) is 2.45. The molecule has 0 saturated heterocycles. The van der Waals surface area contributed by atoms with Crippen molar-refractivity contribution in [2.45, 2.75) is 6.04 Å². The summed E-state index contributed by atoms with van der Waals surface area (Å²) in [4.78, 5) is 22.5. The van der Waals surface area contributed by atoms with Crippen molar-refractivity contribution in [2.75, 3.05) is 11.9 Å². The van der Waals surface area contributed by atoms with Crippen LogP contribution >= 0.6 is 0 Å². The molecule has 2 aromatic carbocycles. The topological polar surface area (TPSA) is 98.7 Å². The van der Waals surface area contributed by atoms with Crippen molar-refractivity contribution in [1.29, 1.82) is 0 Å². The second-order valence-corrected chi connectivity index (χ2v) is 4.20. The fourth-order valence-corrected chi connectivity index (χ4v) is 1.84. The maximum Gasteiger partial charge on any atom is 0.328 e. The fourth-order valence-electron chi connectivity index (χ4n) is 1.84. The molecule has 2 rings (SSSR count). The van der Waals surface area contributed by atoms with Crippen LogP contribution in [0.2, 0.25) is 0 Å². The highest BCUT2D eigenvalue weighted by Gasteiger charge is 2.18. The summed E-state index contributed by atoms with van der Waals surface area (Å²) in [5.41, 5.74) is 0.572. The van der Waals surface area contributed by atoms with Gasteiger partial charge in [-0.2, -0.15) is 0 Å². The molecule has 0 fully saturated rings. The minimum absolute atomic E-state index is 0.572. The number of fused-ring (bicyclic) bond motifs is 1. The number of hydrogen-bond donors (Lipinski definition) is 4. The number of aliphatic hydroxyl groups excluding tert-OH is 1. The second-order valence-electron chi connectivity index (χ2n) is 4.20. The van der Waals surface area contributed by atoms with Crippen LogP contribution in [0.1, 0.15) is 0 Å². The summed E-state index contributed by atoms with van der Waals surface area (Å²) in [5.74, 6) is -1.29. The Morgan fingerprint density at radius 2 is 1.80 bits per heavy atom. The lowest BCUT2D eigenvalue weighted by Gasteiger charge is -2.13. The van der Waals surface area contributed by atoms with Gasteiger partial charge in [-0.1, -0.05) is 36.4 Å². The van der Waals surface area contributed by atoms with Crippen LogP contribution in [0.25, 0.3) is 10.8 Å². The predicted molar refractivity (Wildman–Crippen MR) is 74.6 cm³/mol. The van der Waals surface area contributed by atoms with Crippen molar-refractivity contribution < 1.29 is 19.8 Å². The summed E-state index contributed by atoms with van der Waals surface area (Å²) in [6.45, 7) is -0.668. The number of benzene rings is 2. The lowest BCUT2D eigenvalue weighted by Crippen LogP contribution is -2.45. The van der Waals surface area contributed by atoms with Crippen LogP contribution in [0.4, 0.5) is 10.5 Å². The first kappa shape index (κ1) is 13.8. The van der Waals surface area contributed by atoms with E-state index in [1.807, 2.05) is 30.3 Å². The van der Waals surface area contributed by atoms with Crippen molar-refractivity contribution in [1.82, 2.24) is 5.32 Å². The van der Waals surface area contributed by atoms with Gasteiger partial charge in [0, 0.05) is 5.39 Å². The van der Waals surface area contributed by atoms with Gasteiger partial charge in [0.05, 0.1) is 12.3 Å². The third-order valence-corrected chi connectivity index (χ3v) is 2.82. The van der Waals surface area contributed by atoms with Gasteiger partial charge in [0.2, 0.25) is 0 Å². The summed E-state index contributed by atoms with van der Waals surface area (Å²) in [5, 5.41) is 24.2. The summed E-state index contributed by atoms with van der Waals surface area (Å²) < 4.78 is 0. The van der Waals surface area contributed by atoms with E-state index >= 15 is 0 Å². The van der Waals surface area contributed by atoms with Gasteiger partial charge in [0.1, 0.15) is 0 Å². The van der Waals surface area contributed by atoms with Crippen molar-refractivity contribution in [2.24, 2.45) is 0 Å². The van der Waals surface area contributed by atoms with E-state index < -0.39 is 24.6 Å². The van der Waals surface area contributed by atoms with Crippen LogP contribution in [0.5, 0.6) is 0 Å². The van der Waals surface area contributed by atoms with Crippen molar-refractivity contribution >= 4 is 28.5 Å². The molecule has 1 atom stereocenters. The third-order valence-electron chi connectivity index (χ3n) is 2.82. The van der Waals surface area contributed by atoms with E-state index in [4.69, 9.17) is 10.2 Å². The Balaban J connectivity index is 2.16. The molecule has 0 bridgehead atoms. The predicted octanol–water partition coefficient (Wildman–Crippen LogP) is 1.41. The number of carboxylic acid groups (broad SMARTS) is 1. The molecule has 0 aromatic heterocycles. The number of amides is 2. The minimum Gasteiger partial charge on any atom is -0.480 e. The Kier molecular flexibility index (Phi) is 4.17. The Morgan fingerprint density at radius 1 is 1.10 bits per heavy atom. The van der Waals surface area contributed by atoms with E-state index in [2.05, 4.69) is 10.6 Å². The summed E-state index contributed by atoms with van der Waals surface area (Å²) in [7, 11) is 0. The smallest absolute Gasteiger partial charge is 0.328 e. The standard InChI is InChI=1S/C14H14N2O4/c17-8-12(13(18)19)16-14(20)15-11-7-3-5-9-4-1-2-6-10(9)11/h1-7,12,17H,8H2,(H,18,19)(H2,15,16,20)/t12-/m1/s1. The van der Waals surface area contributed by atoms with Gasteiger partial charge >= 0.3 is 12.0 Å². The number of rotatable bonds is 4. The zero-order valence-electron chi connectivity index (χ0n) is 10.5. The zero-order valence-corrected chi connectivity index (χ0v) is 10.5. The van der Waals surface area contributed by atoms with E-state index in [0.717, 1.165) is 10.8 Å². The molecule has 6 nitrogen and oxygen atoms in total. The highest BCUT2D eigenvalue weighted by atomic mass is 16.4. The summed E-state index contributed by atoms with van der Waals surface area (Å²) >= 11 is 0. The number of carboxylic acids is 1. The Bertz CT molecular complexity index is 637. The van der Waals surface area contributed by atoms with Crippen LogP contribution in [-0.4, -0.2) is 34.9 Å². The number of carbonyl (C=O) groups excluding carboxylic acids is 1. The average molecular weight is 274 g/mol. The van der Waals surface area contributed by atoms with E-state index in [1.54, 1.807) is 12.1 Å². The number of hydrogen-bond acceptors (Lipinski definition) is 3. The van der Waals surface area contributed by atoms with Crippen molar-refractivity contribution in [3.05, 3.63) is 42.5 Å². The molecule has 0 spiro atoms. The second kappa shape index (κ2) is 6.03. The first-order valence-electron chi connectivity index (χ1n) is 6.01. The van der Waals surface area contributed by atoms with Crippen LogP contribution in [0, 0.1) is 0 Å². The molecule has 2 aromatic rings. The largest absolute Gasteiger partial charge is 0.480 e. The van der Waals surface area contributed by atoms with Gasteiger partial charge in [-0.15, -0.1) is 0 Å². The summed E-state index contributed by atoms with van der Waals surface area (Å²) in [6, 6.07) is 10.9. The maximum atomic E-state index is 11.7. The lowest BCUT2D eigenvalue weighted by molar-refractivity contribution is -0.140. The molecule has 0 radical (unpaired) electrons. The van der Waals surface area contributed by atoms with E-state index in [-0.39, 0.29) is 0 Å². The molecule has 0 aliphatic rings. The molecule has 0 unspecified atom stereocenters. The zero-order chi connectivity index (χ0) is 14.5. The summed E-state index contributed by atoms with van der Waals surface area (Å²) in [6.07, 6.45) is 0. The van der Waals surface area contributed by atoms with Crippen LogP contribution in [0.15, 0.2) is 42.5 Å². The van der Waals surface area contributed by atoms with Gasteiger partial charge in [-0.05, 0) is 11.5 Å². The highest BCUT2D eigenvalue weighted by molar-refractivity contribution is 6.02. The van der Waals surface area contributed by atoms with Crippen LogP contribution in [-0.2, 0) is 4.79 Å². The molecular formula is C14H14N2O4. The van der Waals surface area contributed by atoms with Gasteiger partial charge in [-0.3, -0.25) is 0 Å². The van der Waals surface area contributed by atoms with Gasteiger partial charge < -0.3 is 20.8 Å². The molecule has 0 saturated carbocycles. The molecule has 0 heterocycles. The Morgan fingerprint density at radius 3 is 2.50 bits per heavy atom. The molecule has 2 amide bonds. The van der Waals surface area contributed by atoms with E-state index in [0.29, 0.717) is 5.69 Å². The molecule has 0 aliphatic carbocycles. The molecule has 20 heavy (non-hydrogen) atoms.